The molecule has 0 bridgehead atoms. The van der Waals surface area contributed by atoms with Gasteiger partial charge in [-0.2, -0.15) is 13.2 Å². The van der Waals surface area contributed by atoms with Gasteiger partial charge in [0.2, 0.25) is 0 Å². The molecule has 0 aliphatic carbocycles. The third kappa shape index (κ3) is 4.37. The van der Waals surface area contributed by atoms with E-state index in [1.807, 2.05) is 32.2 Å². The Morgan fingerprint density at radius 3 is 2.46 bits per heavy atom. The lowest BCUT2D eigenvalue weighted by Gasteiger charge is -2.22. The number of likely N-dealkylation sites (tertiary alicyclic amines) is 1. The Kier molecular flexibility index (Phi) is 5.37. The first-order chi connectivity index (χ1) is 11.1. The average Bonchev–Trinajstić information content (AvgIpc) is 2.92. The van der Waals surface area contributed by atoms with Gasteiger partial charge in [-0.3, -0.25) is 4.79 Å². The van der Waals surface area contributed by atoms with Crippen molar-refractivity contribution in [3.8, 4) is 0 Å². The topological polar surface area (TPSA) is 44.4 Å². The predicted molar refractivity (Wildman–Crippen MR) is 91.0 cm³/mol. The van der Waals surface area contributed by atoms with Crippen molar-refractivity contribution in [3.05, 3.63) is 28.8 Å². The van der Waals surface area contributed by atoms with Gasteiger partial charge >= 0.3 is 12.1 Å². The van der Waals surface area contributed by atoms with E-state index in [9.17, 15) is 18.0 Å². The zero-order valence-corrected chi connectivity index (χ0v) is 14.6. The van der Waals surface area contributed by atoms with Crippen LogP contribution < -0.4 is 10.6 Å². The van der Waals surface area contributed by atoms with Crippen LogP contribution in [0.3, 0.4) is 0 Å². The van der Waals surface area contributed by atoms with Crippen LogP contribution in [0.4, 0.5) is 18.9 Å². The number of aryl methyl sites for hydroxylation is 3. The average molecular weight is 359 g/mol. The number of amides is 1. The lowest BCUT2D eigenvalue weighted by molar-refractivity contribution is -0.174. The molecular formula is C16H20F3N3OS. The minimum Gasteiger partial charge on any atom is -0.347 e. The van der Waals surface area contributed by atoms with E-state index >= 15 is 0 Å². The predicted octanol–water partition coefficient (Wildman–Crippen LogP) is 3.06. The molecule has 132 valence electrons. The van der Waals surface area contributed by atoms with Gasteiger partial charge in [-0.1, -0.05) is 6.07 Å². The number of rotatable bonds is 2. The van der Waals surface area contributed by atoms with Gasteiger partial charge in [0.1, 0.15) is 0 Å². The van der Waals surface area contributed by atoms with Crippen molar-refractivity contribution in [2.24, 2.45) is 0 Å². The number of halogens is 3. The summed E-state index contributed by atoms with van der Waals surface area (Å²) in [4.78, 5) is 12.8. The lowest BCUT2D eigenvalue weighted by Crippen LogP contribution is -2.45. The molecule has 1 atom stereocenters. The molecular weight excluding hydrogens is 339 g/mol. The van der Waals surface area contributed by atoms with Crippen LogP contribution in [0.1, 0.15) is 23.1 Å². The number of nitrogens with one attached hydrogen (secondary N) is 2. The largest absolute Gasteiger partial charge is 0.471 e. The van der Waals surface area contributed by atoms with E-state index < -0.39 is 18.1 Å². The molecule has 24 heavy (non-hydrogen) atoms. The van der Waals surface area contributed by atoms with Crippen LogP contribution in [0, 0.1) is 20.8 Å². The van der Waals surface area contributed by atoms with Crippen molar-refractivity contribution < 1.29 is 18.0 Å². The summed E-state index contributed by atoms with van der Waals surface area (Å²) in [5.74, 6) is -1.90. The van der Waals surface area contributed by atoms with Crippen molar-refractivity contribution in [3.63, 3.8) is 0 Å². The van der Waals surface area contributed by atoms with Crippen molar-refractivity contribution in [1.82, 2.24) is 10.2 Å². The summed E-state index contributed by atoms with van der Waals surface area (Å²) in [6.07, 6.45) is -4.43. The minimum atomic E-state index is -4.86. The highest BCUT2D eigenvalue weighted by atomic mass is 32.1. The zero-order valence-electron chi connectivity index (χ0n) is 13.8. The van der Waals surface area contributed by atoms with Crippen LogP contribution >= 0.6 is 12.2 Å². The summed E-state index contributed by atoms with van der Waals surface area (Å²) >= 11 is 5.35. The van der Waals surface area contributed by atoms with Crippen LogP contribution in [0.2, 0.25) is 0 Å². The highest BCUT2D eigenvalue weighted by molar-refractivity contribution is 7.80. The van der Waals surface area contributed by atoms with Crippen molar-refractivity contribution in [2.45, 2.75) is 39.4 Å². The molecule has 1 aromatic rings. The molecule has 1 fully saturated rings. The summed E-state index contributed by atoms with van der Waals surface area (Å²) in [6, 6.07) is 3.49. The summed E-state index contributed by atoms with van der Waals surface area (Å²) < 4.78 is 36.9. The molecule has 1 unspecified atom stereocenters. The number of alkyl halides is 3. The molecule has 4 nitrogen and oxygen atoms in total. The van der Waals surface area contributed by atoms with Crippen LogP contribution in [-0.2, 0) is 4.79 Å². The molecule has 0 spiro atoms. The Labute approximate surface area is 144 Å². The Morgan fingerprint density at radius 1 is 1.21 bits per heavy atom. The smallest absolute Gasteiger partial charge is 0.347 e. The van der Waals surface area contributed by atoms with E-state index in [0.29, 0.717) is 18.1 Å². The van der Waals surface area contributed by atoms with Gasteiger partial charge in [0.25, 0.3) is 0 Å². The molecule has 1 saturated heterocycles. The van der Waals surface area contributed by atoms with Gasteiger partial charge in [0.05, 0.1) is 0 Å². The maximum atomic E-state index is 12.3. The van der Waals surface area contributed by atoms with E-state index in [1.54, 1.807) is 4.90 Å². The molecule has 1 aliphatic heterocycles. The van der Waals surface area contributed by atoms with Crippen molar-refractivity contribution >= 4 is 28.9 Å². The van der Waals surface area contributed by atoms with E-state index in [-0.39, 0.29) is 6.54 Å². The van der Waals surface area contributed by atoms with Gasteiger partial charge < -0.3 is 15.5 Å². The molecule has 1 aliphatic rings. The fourth-order valence-electron chi connectivity index (χ4n) is 2.62. The van der Waals surface area contributed by atoms with E-state index in [4.69, 9.17) is 12.2 Å². The number of hydrogen-bond acceptors (Lipinski definition) is 2. The number of hydrogen-bond donors (Lipinski definition) is 2. The van der Waals surface area contributed by atoms with Gasteiger partial charge in [0, 0.05) is 24.8 Å². The maximum Gasteiger partial charge on any atom is 0.471 e. The molecule has 8 heteroatoms. The normalized spacial score (nSPS) is 17.8. The van der Waals surface area contributed by atoms with Crippen molar-refractivity contribution in [1.29, 1.82) is 0 Å². The van der Waals surface area contributed by atoms with Crippen molar-refractivity contribution in [2.75, 3.05) is 18.4 Å². The third-order valence-corrected chi connectivity index (χ3v) is 4.51. The SMILES string of the molecule is Cc1cc(C)c(NC(=S)N2CCC(NC(=O)C(F)(F)F)C2)cc1C. The Bertz CT molecular complexity index is 661. The van der Waals surface area contributed by atoms with Gasteiger partial charge in [-0.25, -0.2) is 0 Å². The standard InChI is InChI=1S/C16H20F3N3OS/c1-9-6-11(3)13(7-10(9)2)21-15(24)22-5-4-12(8-22)20-14(23)16(17,18)19/h6-7,12H,4-5,8H2,1-3H3,(H,20,23)(H,21,24). The summed E-state index contributed by atoms with van der Waals surface area (Å²) in [7, 11) is 0. The first-order valence-corrected chi connectivity index (χ1v) is 8.00. The molecule has 0 aromatic heterocycles. The van der Waals surface area contributed by atoms with Crippen LogP contribution in [0.25, 0.3) is 0 Å². The first kappa shape index (κ1) is 18.5. The zero-order chi connectivity index (χ0) is 18.1. The number of carbonyl (C=O) groups excluding carboxylic acids is 1. The molecule has 0 radical (unpaired) electrons. The molecule has 1 aromatic carbocycles. The van der Waals surface area contributed by atoms with E-state index in [0.717, 1.165) is 16.8 Å². The van der Waals surface area contributed by atoms with Crippen LogP contribution in [-0.4, -0.2) is 41.2 Å². The second-order valence-electron chi connectivity index (χ2n) is 6.08. The molecule has 2 rings (SSSR count). The fourth-order valence-corrected chi connectivity index (χ4v) is 2.90. The second kappa shape index (κ2) is 6.96. The second-order valence-corrected chi connectivity index (χ2v) is 6.47. The lowest BCUT2D eigenvalue weighted by atomic mass is 10.1. The maximum absolute atomic E-state index is 12.3. The van der Waals surface area contributed by atoms with Gasteiger partial charge in [-0.05, 0) is 62.2 Å². The minimum absolute atomic E-state index is 0.261. The number of nitrogens with zero attached hydrogens (tertiary/aromatic N) is 1. The fraction of sp³-hybridized carbons (Fsp3) is 0.500. The van der Waals surface area contributed by atoms with E-state index in [2.05, 4.69) is 11.4 Å². The first-order valence-electron chi connectivity index (χ1n) is 7.59. The van der Waals surface area contributed by atoms with Crippen LogP contribution in [0.5, 0.6) is 0 Å². The Morgan fingerprint density at radius 2 is 1.83 bits per heavy atom. The number of anilines is 1. The molecule has 2 N–H and O–H groups in total. The Hall–Kier alpha value is -1.83. The molecule has 1 heterocycles. The highest BCUT2D eigenvalue weighted by Gasteiger charge is 2.40. The summed E-state index contributed by atoms with van der Waals surface area (Å²) in [5, 5.41) is 5.60. The summed E-state index contributed by atoms with van der Waals surface area (Å²) in [5.41, 5.74) is 4.23. The van der Waals surface area contributed by atoms with Gasteiger partial charge in [-0.15, -0.1) is 0 Å². The van der Waals surface area contributed by atoms with Gasteiger partial charge in [0.15, 0.2) is 5.11 Å². The quantitative estimate of drug-likeness (QED) is 0.797. The number of benzene rings is 1. The monoisotopic (exact) mass is 359 g/mol. The highest BCUT2D eigenvalue weighted by Crippen LogP contribution is 2.22. The summed E-state index contributed by atoms with van der Waals surface area (Å²) in [6.45, 7) is 6.75. The van der Waals surface area contributed by atoms with E-state index in [1.165, 1.54) is 5.56 Å². The number of carbonyl (C=O) groups is 1. The molecule has 0 saturated carbocycles. The molecule has 1 amide bonds. The third-order valence-electron chi connectivity index (χ3n) is 4.15. The number of thiocarbonyl (C=S) groups is 1. The Balaban J connectivity index is 1.95. The van der Waals surface area contributed by atoms with Crippen LogP contribution in [0.15, 0.2) is 12.1 Å².